The molecule has 21 heavy (non-hydrogen) atoms. The summed E-state index contributed by atoms with van der Waals surface area (Å²) in [5.41, 5.74) is 9.08. The molecule has 0 aliphatic heterocycles. The molecular weight excluding hydrogens is 262 g/mol. The van der Waals surface area contributed by atoms with Gasteiger partial charge in [-0.15, -0.1) is 5.10 Å². The molecule has 0 spiro atoms. The van der Waals surface area contributed by atoms with Crippen LogP contribution in [0.3, 0.4) is 0 Å². The summed E-state index contributed by atoms with van der Waals surface area (Å²) >= 11 is 0. The number of aromatic nitrogens is 4. The number of aryl methyl sites for hydroxylation is 1. The Balaban J connectivity index is 1.58. The fourth-order valence-electron chi connectivity index (χ4n) is 5.16. The summed E-state index contributed by atoms with van der Waals surface area (Å²) in [5, 5.41) is 12.6. The van der Waals surface area contributed by atoms with E-state index in [2.05, 4.69) is 33.2 Å². The number of anilines is 1. The minimum absolute atomic E-state index is 0.514. The monoisotopic (exact) mass is 281 g/mol. The lowest BCUT2D eigenvalue weighted by molar-refractivity contribution is 0.427. The summed E-state index contributed by atoms with van der Waals surface area (Å²) in [6.45, 7) is 2.07. The number of benzene rings is 1. The van der Waals surface area contributed by atoms with E-state index in [4.69, 9.17) is 5.73 Å². The lowest BCUT2D eigenvalue weighted by atomic mass is 10.0. The van der Waals surface area contributed by atoms with Crippen LogP contribution in [0.1, 0.15) is 30.9 Å². The van der Waals surface area contributed by atoms with E-state index in [1.54, 1.807) is 0 Å². The third-order valence-electron chi connectivity index (χ3n) is 6.00. The number of tetrazole rings is 1. The maximum atomic E-state index is 6.18. The van der Waals surface area contributed by atoms with Gasteiger partial charge in [0.25, 0.3) is 0 Å². The second-order valence-electron chi connectivity index (χ2n) is 6.96. The van der Waals surface area contributed by atoms with Gasteiger partial charge in [-0.25, -0.2) is 4.68 Å². The van der Waals surface area contributed by atoms with Crippen LogP contribution in [0.15, 0.2) is 18.2 Å². The average molecular weight is 281 g/mol. The van der Waals surface area contributed by atoms with Crippen LogP contribution < -0.4 is 5.73 Å². The van der Waals surface area contributed by atoms with Gasteiger partial charge in [0.05, 0.1) is 6.04 Å². The summed E-state index contributed by atoms with van der Waals surface area (Å²) in [7, 11) is 0. The first-order valence-electron chi connectivity index (χ1n) is 7.89. The summed E-state index contributed by atoms with van der Waals surface area (Å²) < 4.78 is 2.07. The van der Waals surface area contributed by atoms with E-state index in [1.807, 2.05) is 12.1 Å². The number of nitrogens with zero attached hydrogens (tertiary/aromatic N) is 4. The molecule has 2 aromatic rings. The fourth-order valence-corrected chi connectivity index (χ4v) is 5.16. The molecule has 3 saturated carbocycles. The third-order valence-corrected chi connectivity index (χ3v) is 6.00. The number of nitrogen functional groups attached to an aromatic ring is 1. The first-order valence-corrected chi connectivity index (χ1v) is 7.89. The highest BCUT2D eigenvalue weighted by Gasteiger charge is 2.66. The van der Waals surface area contributed by atoms with E-state index in [0.717, 1.165) is 46.3 Å². The summed E-state index contributed by atoms with van der Waals surface area (Å²) in [4.78, 5) is 0. The second-order valence-corrected chi connectivity index (χ2v) is 6.96. The van der Waals surface area contributed by atoms with Gasteiger partial charge in [-0.1, -0.05) is 12.1 Å². The van der Waals surface area contributed by atoms with Crippen molar-refractivity contribution in [2.75, 3.05) is 5.73 Å². The van der Waals surface area contributed by atoms with Crippen molar-refractivity contribution in [3.63, 3.8) is 0 Å². The van der Waals surface area contributed by atoms with Crippen LogP contribution in [-0.4, -0.2) is 20.2 Å². The number of hydrogen-bond donors (Lipinski definition) is 1. The van der Waals surface area contributed by atoms with Gasteiger partial charge in [0, 0.05) is 11.3 Å². The number of rotatable bonds is 2. The lowest BCUT2D eigenvalue weighted by Crippen LogP contribution is -2.09. The lowest BCUT2D eigenvalue weighted by Gasteiger charge is -2.12. The third kappa shape index (κ3) is 1.44. The molecule has 1 heterocycles. The molecular formula is C16H19N5. The minimum Gasteiger partial charge on any atom is -0.398 e. The van der Waals surface area contributed by atoms with Crippen molar-refractivity contribution in [2.24, 2.45) is 23.7 Å². The van der Waals surface area contributed by atoms with Gasteiger partial charge in [0.1, 0.15) is 0 Å². The molecule has 0 saturated heterocycles. The molecule has 5 rings (SSSR count). The van der Waals surface area contributed by atoms with Crippen LogP contribution in [0.5, 0.6) is 0 Å². The Labute approximate surface area is 123 Å². The van der Waals surface area contributed by atoms with Crippen LogP contribution in [-0.2, 0) is 0 Å². The van der Waals surface area contributed by atoms with Gasteiger partial charge in [-0.3, -0.25) is 0 Å². The zero-order chi connectivity index (χ0) is 14.1. The molecule has 1 aromatic carbocycles. The van der Waals surface area contributed by atoms with Crippen molar-refractivity contribution < 1.29 is 0 Å². The summed E-state index contributed by atoms with van der Waals surface area (Å²) in [5.74, 6) is 4.31. The molecule has 4 atom stereocenters. The van der Waals surface area contributed by atoms with Crippen molar-refractivity contribution in [3.05, 3.63) is 23.8 Å². The van der Waals surface area contributed by atoms with Crippen LogP contribution in [0.25, 0.3) is 11.4 Å². The smallest absolute Gasteiger partial charge is 0.184 e. The van der Waals surface area contributed by atoms with E-state index in [-0.39, 0.29) is 0 Å². The van der Waals surface area contributed by atoms with Crippen molar-refractivity contribution in [1.29, 1.82) is 0 Å². The Bertz CT molecular complexity index is 685. The number of nitrogens with two attached hydrogens (primary N) is 1. The standard InChI is InChI=1S/C16H19N5/c1-8-3-2-4-11(17)12(8)16-18-19-20-21(16)15-13-9-5-6-10(7-9)14(13)15/h2-4,9-10,13-15H,5-7,17H2,1H3. The molecule has 3 aliphatic rings. The molecule has 5 heteroatoms. The van der Waals surface area contributed by atoms with Crippen LogP contribution in [0, 0.1) is 30.6 Å². The molecule has 1 aromatic heterocycles. The molecule has 0 amide bonds. The van der Waals surface area contributed by atoms with E-state index < -0.39 is 0 Å². The Kier molecular flexibility index (Phi) is 2.14. The van der Waals surface area contributed by atoms with Crippen LogP contribution in [0.2, 0.25) is 0 Å². The van der Waals surface area contributed by atoms with E-state index >= 15 is 0 Å². The van der Waals surface area contributed by atoms with Crippen LogP contribution in [0.4, 0.5) is 5.69 Å². The second kappa shape index (κ2) is 3.84. The quantitative estimate of drug-likeness (QED) is 0.858. The molecule has 0 radical (unpaired) electrons. The highest BCUT2D eigenvalue weighted by molar-refractivity contribution is 5.74. The predicted molar refractivity (Wildman–Crippen MR) is 79.3 cm³/mol. The minimum atomic E-state index is 0.514. The maximum absolute atomic E-state index is 6.18. The number of hydrogen-bond acceptors (Lipinski definition) is 4. The van der Waals surface area contributed by atoms with Gasteiger partial charge in [0.15, 0.2) is 5.82 Å². The molecule has 4 unspecified atom stereocenters. The summed E-state index contributed by atoms with van der Waals surface area (Å²) in [6.07, 6.45) is 4.26. The van der Waals surface area contributed by atoms with E-state index in [0.29, 0.717) is 6.04 Å². The Morgan fingerprint density at radius 3 is 2.67 bits per heavy atom. The highest BCUT2D eigenvalue weighted by Crippen LogP contribution is 2.71. The predicted octanol–water partition coefficient (Wildman–Crippen LogP) is 2.45. The average Bonchev–Trinajstić information content (AvgIpc) is 2.87. The molecule has 3 aliphatic carbocycles. The first-order chi connectivity index (χ1) is 10.3. The topological polar surface area (TPSA) is 69.6 Å². The Hall–Kier alpha value is -1.91. The van der Waals surface area contributed by atoms with Crippen LogP contribution >= 0.6 is 0 Å². The zero-order valence-electron chi connectivity index (χ0n) is 12.1. The van der Waals surface area contributed by atoms with Crippen molar-refractivity contribution in [2.45, 2.75) is 32.2 Å². The normalized spacial score (nSPS) is 36.0. The van der Waals surface area contributed by atoms with Gasteiger partial charge >= 0.3 is 0 Å². The van der Waals surface area contributed by atoms with Crippen molar-refractivity contribution in [1.82, 2.24) is 20.2 Å². The van der Waals surface area contributed by atoms with E-state index in [9.17, 15) is 0 Å². The molecule has 3 fully saturated rings. The Morgan fingerprint density at radius 1 is 1.19 bits per heavy atom. The molecule has 5 nitrogen and oxygen atoms in total. The fraction of sp³-hybridized carbons (Fsp3) is 0.562. The van der Waals surface area contributed by atoms with Crippen molar-refractivity contribution in [3.8, 4) is 11.4 Å². The number of fused-ring (bicyclic) bond motifs is 5. The Morgan fingerprint density at radius 2 is 1.95 bits per heavy atom. The zero-order valence-corrected chi connectivity index (χ0v) is 12.1. The van der Waals surface area contributed by atoms with Gasteiger partial charge in [-0.2, -0.15) is 0 Å². The van der Waals surface area contributed by atoms with Crippen molar-refractivity contribution >= 4 is 5.69 Å². The molecule has 108 valence electrons. The van der Waals surface area contributed by atoms with Gasteiger partial charge in [0.2, 0.25) is 0 Å². The first kappa shape index (κ1) is 11.7. The molecule has 2 bridgehead atoms. The largest absolute Gasteiger partial charge is 0.398 e. The maximum Gasteiger partial charge on any atom is 0.184 e. The van der Waals surface area contributed by atoms with Gasteiger partial charge in [-0.05, 0) is 71.9 Å². The van der Waals surface area contributed by atoms with Gasteiger partial charge < -0.3 is 5.73 Å². The SMILES string of the molecule is Cc1cccc(N)c1-c1nnnn1C1C2C3CCC(C3)C21. The highest BCUT2D eigenvalue weighted by atomic mass is 15.6. The van der Waals surface area contributed by atoms with E-state index in [1.165, 1.54) is 19.3 Å². The summed E-state index contributed by atoms with van der Waals surface area (Å²) in [6, 6.07) is 6.50. The molecule has 2 N–H and O–H groups in total.